The van der Waals surface area contributed by atoms with Crippen LogP contribution in [0.1, 0.15) is 5.56 Å². The molecule has 0 saturated heterocycles. The molecule has 0 saturated carbocycles. The number of anilines is 1. The van der Waals surface area contributed by atoms with Crippen LogP contribution in [-0.2, 0) is 10.0 Å². The van der Waals surface area contributed by atoms with Gasteiger partial charge < -0.3 is 0 Å². The molecule has 0 spiro atoms. The third-order valence-corrected chi connectivity index (χ3v) is 6.28. The summed E-state index contributed by atoms with van der Waals surface area (Å²) in [5.74, 6) is -0.351. The Morgan fingerprint density at radius 1 is 1.15 bits per heavy atom. The molecule has 0 unspecified atom stereocenters. The molecule has 0 radical (unpaired) electrons. The van der Waals surface area contributed by atoms with Gasteiger partial charge in [-0.15, -0.1) is 11.3 Å². The average molecular weight is 404 g/mol. The lowest BCUT2D eigenvalue weighted by Crippen LogP contribution is -2.22. The van der Waals surface area contributed by atoms with Gasteiger partial charge in [-0.3, -0.25) is 5.43 Å². The monoisotopic (exact) mass is 404 g/mol. The lowest BCUT2D eigenvalue weighted by Gasteiger charge is -2.11. The third-order valence-electron chi connectivity index (χ3n) is 3.70. The van der Waals surface area contributed by atoms with Crippen LogP contribution < -0.4 is 5.43 Å². The van der Waals surface area contributed by atoms with Crippen molar-refractivity contribution in [2.75, 3.05) is 19.5 Å². The van der Waals surface area contributed by atoms with Gasteiger partial charge in [0.15, 0.2) is 0 Å². The summed E-state index contributed by atoms with van der Waals surface area (Å²) < 4.78 is 38.9. The van der Waals surface area contributed by atoms with Crippen molar-refractivity contribution in [2.24, 2.45) is 5.10 Å². The number of nitrogens with one attached hydrogen (secondary N) is 1. The maximum atomic E-state index is 13.5. The van der Waals surface area contributed by atoms with Crippen molar-refractivity contribution in [3.63, 3.8) is 0 Å². The molecule has 3 aromatic rings. The van der Waals surface area contributed by atoms with Crippen LogP contribution in [0, 0.1) is 5.82 Å². The van der Waals surface area contributed by atoms with Crippen molar-refractivity contribution in [3.8, 4) is 11.3 Å². The fourth-order valence-electron chi connectivity index (χ4n) is 2.20. The molecule has 0 aliphatic heterocycles. The molecule has 27 heavy (non-hydrogen) atoms. The van der Waals surface area contributed by atoms with Crippen molar-refractivity contribution in [2.45, 2.75) is 4.90 Å². The summed E-state index contributed by atoms with van der Waals surface area (Å²) >= 11 is 1.34. The Labute approximate surface area is 161 Å². The molecule has 0 amide bonds. The van der Waals surface area contributed by atoms with Gasteiger partial charge >= 0.3 is 0 Å². The molecular weight excluding hydrogens is 387 g/mol. The standard InChI is InChI=1S/C18H17FN4O2S2/c1-23(2)27(24,25)15-9-7-13(8-10-15)17-12-26-18(21-17)22-20-11-14-5-3-4-6-16(14)19/h3-12H,1-2H3,(H,21,22). The highest BCUT2D eigenvalue weighted by Gasteiger charge is 2.17. The van der Waals surface area contributed by atoms with E-state index in [0.717, 1.165) is 5.56 Å². The molecule has 0 fully saturated rings. The van der Waals surface area contributed by atoms with Gasteiger partial charge in [-0.25, -0.2) is 22.1 Å². The molecule has 0 atom stereocenters. The van der Waals surface area contributed by atoms with Gasteiger partial charge in [0.1, 0.15) is 5.82 Å². The molecule has 0 aliphatic rings. The van der Waals surface area contributed by atoms with E-state index in [-0.39, 0.29) is 10.7 Å². The number of hydrogen-bond donors (Lipinski definition) is 1. The minimum absolute atomic E-state index is 0.222. The van der Waals surface area contributed by atoms with Gasteiger partial charge in [-0.1, -0.05) is 30.3 Å². The molecule has 9 heteroatoms. The first-order chi connectivity index (χ1) is 12.9. The Kier molecular flexibility index (Phi) is 5.64. The van der Waals surface area contributed by atoms with Crippen LogP contribution in [0.15, 0.2) is 63.9 Å². The smallest absolute Gasteiger partial charge is 0.242 e. The first-order valence-electron chi connectivity index (χ1n) is 7.90. The van der Waals surface area contributed by atoms with Gasteiger partial charge in [-0.2, -0.15) is 5.10 Å². The van der Waals surface area contributed by atoms with Gasteiger partial charge in [0.05, 0.1) is 16.8 Å². The normalized spacial score (nSPS) is 12.0. The van der Waals surface area contributed by atoms with E-state index in [9.17, 15) is 12.8 Å². The number of thiazole rings is 1. The highest BCUT2D eigenvalue weighted by molar-refractivity contribution is 7.89. The summed E-state index contributed by atoms with van der Waals surface area (Å²) in [6.45, 7) is 0. The molecule has 2 aromatic carbocycles. The van der Waals surface area contributed by atoms with E-state index in [2.05, 4.69) is 15.5 Å². The predicted octanol–water partition coefficient (Wildman–Crippen LogP) is 3.65. The SMILES string of the molecule is CN(C)S(=O)(=O)c1ccc(-c2csc(NN=Cc3ccccc3F)n2)cc1. The Morgan fingerprint density at radius 3 is 2.52 bits per heavy atom. The lowest BCUT2D eigenvalue weighted by atomic mass is 10.2. The van der Waals surface area contributed by atoms with E-state index in [1.807, 2.05) is 5.38 Å². The minimum Gasteiger partial charge on any atom is -0.253 e. The number of aromatic nitrogens is 1. The van der Waals surface area contributed by atoms with Crippen LogP contribution in [0.5, 0.6) is 0 Å². The summed E-state index contributed by atoms with van der Waals surface area (Å²) in [5, 5.41) is 6.37. The van der Waals surface area contributed by atoms with E-state index >= 15 is 0 Å². The predicted molar refractivity (Wildman–Crippen MR) is 106 cm³/mol. The Hall–Kier alpha value is -2.62. The molecule has 140 valence electrons. The van der Waals surface area contributed by atoms with Crippen LogP contribution in [0.2, 0.25) is 0 Å². The molecule has 6 nitrogen and oxygen atoms in total. The maximum Gasteiger partial charge on any atom is 0.242 e. The number of hydrogen-bond acceptors (Lipinski definition) is 6. The second-order valence-corrected chi connectivity index (χ2v) is 8.75. The van der Waals surface area contributed by atoms with Gasteiger partial charge in [-0.05, 0) is 18.2 Å². The van der Waals surface area contributed by atoms with Gasteiger partial charge in [0.25, 0.3) is 0 Å². The summed E-state index contributed by atoms with van der Waals surface area (Å²) in [6.07, 6.45) is 1.39. The van der Waals surface area contributed by atoms with Crippen molar-refractivity contribution in [1.29, 1.82) is 0 Å². The Bertz CT molecular complexity index is 1060. The van der Waals surface area contributed by atoms with E-state index in [4.69, 9.17) is 0 Å². The number of hydrazone groups is 1. The summed E-state index contributed by atoms with van der Waals surface area (Å²) in [4.78, 5) is 4.62. The first-order valence-corrected chi connectivity index (χ1v) is 10.2. The molecule has 1 heterocycles. The first kappa shape index (κ1) is 19.2. The average Bonchev–Trinajstić information content (AvgIpc) is 3.12. The van der Waals surface area contributed by atoms with Crippen molar-refractivity contribution in [1.82, 2.24) is 9.29 Å². The maximum absolute atomic E-state index is 13.5. The van der Waals surface area contributed by atoms with E-state index in [1.165, 1.54) is 42.0 Å². The van der Waals surface area contributed by atoms with Crippen molar-refractivity contribution < 1.29 is 12.8 Å². The topological polar surface area (TPSA) is 74.7 Å². The highest BCUT2D eigenvalue weighted by Crippen LogP contribution is 2.26. The van der Waals surface area contributed by atoms with Crippen LogP contribution in [0.25, 0.3) is 11.3 Å². The number of halogens is 1. The van der Waals surface area contributed by atoms with Gasteiger partial charge in [0.2, 0.25) is 15.2 Å². The second-order valence-electron chi connectivity index (χ2n) is 5.74. The molecule has 3 rings (SSSR count). The number of rotatable bonds is 6. The molecule has 0 aliphatic carbocycles. The molecule has 1 N–H and O–H groups in total. The largest absolute Gasteiger partial charge is 0.253 e. The fourth-order valence-corrected chi connectivity index (χ4v) is 3.77. The molecule has 0 bridgehead atoms. The summed E-state index contributed by atoms with van der Waals surface area (Å²) in [6, 6.07) is 12.8. The third kappa shape index (κ3) is 4.38. The van der Waals surface area contributed by atoms with Crippen molar-refractivity contribution >= 4 is 32.7 Å². The summed E-state index contributed by atoms with van der Waals surface area (Å²) in [7, 11) is -0.480. The zero-order valence-corrected chi connectivity index (χ0v) is 16.3. The quantitative estimate of drug-likeness (QED) is 0.503. The zero-order chi connectivity index (χ0) is 19.4. The molecular formula is C18H17FN4O2S2. The van der Waals surface area contributed by atoms with Crippen LogP contribution in [-0.4, -0.2) is 38.0 Å². The number of sulfonamides is 1. The Morgan fingerprint density at radius 2 is 1.85 bits per heavy atom. The fraction of sp³-hybridized carbons (Fsp3) is 0.111. The van der Waals surface area contributed by atoms with Crippen LogP contribution in [0.3, 0.4) is 0 Å². The Balaban J connectivity index is 1.71. The number of benzene rings is 2. The van der Waals surface area contributed by atoms with Crippen LogP contribution >= 0.6 is 11.3 Å². The van der Waals surface area contributed by atoms with Crippen LogP contribution in [0.4, 0.5) is 9.52 Å². The number of nitrogens with zero attached hydrogens (tertiary/aromatic N) is 3. The van der Waals surface area contributed by atoms with E-state index < -0.39 is 10.0 Å². The summed E-state index contributed by atoms with van der Waals surface area (Å²) in [5.41, 5.74) is 4.62. The van der Waals surface area contributed by atoms with Crippen molar-refractivity contribution in [3.05, 3.63) is 65.3 Å². The van der Waals surface area contributed by atoms with E-state index in [1.54, 1.807) is 42.5 Å². The molecule has 1 aromatic heterocycles. The second kappa shape index (κ2) is 7.95. The van der Waals surface area contributed by atoms with E-state index in [0.29, 0.717) is 16.4 Å². The highest BCUT2D eigenvalue weighted by atomic mass is 32.2. The zero-order valence-electron chi connectivity index (χ0n) is 14.6. The lowest BCUT2D eigenvalue weighted by molar-refractivity contribution is 0.521. The van der Waals surface area contributed by atoms with Gasteiger partial charge in [0, 0.05) is 30.6 Å². The minimum atomic E-state index is -3.46.